The number of benzene rings is 1. The number of carbonyl (C=O) groups excluding carboxylic acids is 1. The SMILES string of the molecule is CCC(C)Nc1cncc(C(=O)Nc2ccc(F)c(Cl)c2)c1. The van der Waals surface area contributed by atoms with Crippen molar-refractivity contribution in [3.05, 3.63) is 53.1 Å². The van der Waals surface area contributed by atoms with Crippen LogP contribution in [0.15, 0.2) is 36.7 Å². The third-order valence-electron chi connectivity index (χ3n) is 3.20. The summed E-state index contributed by atoms with van der Waals surface area (Å²) >= 11 is 5.69. The summed E-state index contributed by atoms with van der Waals surface area (Å²) in [5.41, 5.74) is 1.62. The molecule has 0 aliphatic carbocycles. The molecule has 0 saturated carbocycles. The lowest BCUT2D eigenvalue weighted by molar-refractivity contribution is 0.102. The highest BCUT2D eigenvalue weighted by Gasteiger charge is 2.10. The first-order valence-electron chi connectivity index (χ1n) is 6.97. The van der Waals surface area contributed by atoms with Gasteiger partial charge in [0.25, 0.3) is 5.91 Å². The minimum absolute atomic E-state index is 0.0388. The smallest absolute Gasteiger partial charge is 0.257 e. The lowest BCUT2D eigenvalue weighted by atomic mass is 10.2. The van der Waals surface area contributed by atoms with Crippen LogP contribution < -0.4 is 10.6 Å². The predicted octanol–water partition coefficient (Wildman–Crippen LogP) is 4.34. The molecule has 0 fully saturated rings. The summed E-state index contributed by atoms with van der Waals surface area (Å²) in [6, 6.07) is 6.03. The van der Waals surface area contributed by atoms with E-state index in [0.29, 0.717) is 11.3 Å². The summed E-state index contributed by atoms with van der Waals surface area (Å²) in [5.74, 6) is -0.857. The van der Waals surface area contributed by atoms with E-state index in [1.54, 1.807) is 12.3 Å². The number of hydrogen-bond acceptors (Lipinski definition) is 3. The van der Waals surface area contributed by atoms with E-state index in [2.05, 4.69) is 22.5 Å². The standard InChI is InChI=1S/C16H17ClFN3O/c1-3-10(2)20-13-6-11(8-19-9-13)16(22)21-12-4-5-15(18)14(17)7-12/h4-10,20H,3H2,1-2H3,(H,21,22). The number of nitrogens with one attached hydrogen (secondary N) is 2. The number of rotatable bonds is 5. The van der Waals surface area contributed by atoms with Gasteiger partial charge < -0.3 is 10.6 Å². The van der Waals surface area contributed by atoms with Crippen molar-refractivity contribution in [2.24, 2.45) is 0 Å². The number of aromatic nitrogens is 1. The molecule has 6 heteroatoms. The van der Waals surface area contributed by atoms with Crippen LogP contribution in [0.1, 0.15) is 30.6 Å². The Morgan fingerprint density at radius 2 is 2.09 bits per heavy atom. The molecule has 22 heavy (non-hydrogen) atoms. The Bertz CT molecular complexity index is 678. The van der Waals surface area contributed by atoms with Gasteiger partial charge in [-0.25, -0.2) is 4.39 Å². The van der Waals surface area contributed by atoms with E-state index >= 15 is 0 Å². The summed E-state index contributed by atoms with van der Waals surface area (Å²) in [6.45, 7) is 4.12. The average molecular weight is 322 g/mol. The highest BCUT2D eigenvalue weighted by atomic mass is 35.5. The van der Waals surface area contributed by atoms with Gasteiger partial charge in [0.05, 0.1) is 16.3 Å². The monoisotopic (exact) mass is 321 g/mol. The topological polar surface area (TPSA) is 54.0 Å². The normalized spacial score (nSPS) is 11.8. The van der Waals surface area contributed by atoms with Crippen molar-refractivity contribution >= 4 is 28.9 Å². The van der Waals surface area contributed by atoms with E-state index in [9.17, 15) is 9.18 Å². The Kier molecular flexibility index (Phi) is 5.33. The van der Waals surface area contributed by atoms with Gasteiger partial charge >= 0.3 is 0 Å². The van der Waals surface area contributed by atoms with Crippen LogP contribution in [0.2, 0.25) is 5.02 Å². The van der Waals surface area contributed by atoms with Crippen molar-refractivity contribution in [1.82, 2.24) is 4.98 Å². The van der Waals surface area contributed by atoms with Crippen molar-refractivity contribution in [2.75, 3.05) is 10.6 Å². The fourth-order valence-corrected chi connectivity index (χ4v) is 1.99. The molecule has 1 unspecified atom stereocenters. The molecule has 2 aromatic rings. The molecule has 1 amide bonds. The van der Waals surface area contributed by atoms with E-state index in [-0.39, 0.29) is 17.0 Å². The first-order valence-corrected chi connectivity index (χ1v) is 7.35. The number of amides is 1. The lowest BCUT2D eigenvalue weighted by Gasteiger charge is -2.13. The fourth-order valence-electron chi connectivity index (χ4n) is 1.81. The molecular weight excluding hydrogens is 305 g/mol. The van der Waals surface area contributed by atoms with E-state index in [1.165, 1.54) is 24.4 Å². The molecule has 1 aromatic heterocycles. The highest BCUT2D eigenvalue weighted by Crippen LogP contribution is 2.20. The maximum Gasteiger partial charge on any atom is 0.257 e. The number of carbonyl (C=O) groups is 1. The van der Waals surface area contributed by atoms with Gasteiger partial charge in [0.15, 0.2) is 0 Å². The zero-order valence-corrected chi connectivity index (χ0v) is 13.1. The molecule has 0 saturated heterocycles. The van der Waals surface area contributed by atoms with Gasteiger partial charge in [-0.05, 0) is 37.6 Å². The average Bonchev–Trinajstić information content (AvgIpc) is 2.51. The lowest BCUT2D eigenvalue weighted by Crippen LogP contribution is -2.16. The maximum absolute atomic E-state index is 13.1. The molecule has 2 N–H and O–H groups in total. The van der Waals surface area contributed by atoms with Crippen LogP contribution >= 0.6 is 11.6 Å². The molecule has 2 rings (SSSR count). The quantitative estimate of drug-likeness (QED) is 0.861. The number of pyridine rings is 1. The number of hydrogen-bond donors (Lipinski definition) is 2. The van der Waals surface area contributed by atoms with E-state index < -0.39 is 5.82 Å². The Labute approximate surface area is 133 Å². The van der Waals surface area contributed by atoms with Gasteiger partial charge in [0.1, 0.15) is 5.82 Å². The minimum atomic E-state index is -0.527. The molecule has 0 radical (unpaired) electrons. The second-order valence-electron chi connectivity index (χ2n) is 5.00. The molecule has 0 spiro atoms. The van der Waals surface area contributed by atoms with Crippen LogP contribution in [0, 0.1) is 5.82 Å². The van der Waals surface area contributed by atoms with Crippen LogP contribution in [0.4, 0.5) is 15.8 Å². The van der Waals surface area contributed by atoms with Gasteiger partial charge in [-0.1, -0.05) is 18.5 Å². The second-order valence-corrected chi connectivity index (χ2v) is 5.41. The Balaban J connectivity index is 2.12. The first kappa shape index (κ1) is 16.2. The molecule has 4 nitrogen and oxygen atoms in total. The largest absolute Gasteiger partial charge is 0.381 e. The van der Waals surface area contributed by atoms with Crippen molar-refractivity contribution in [1.29, 1.82) is 0 Å². The Morgan fingerprint density at radius 3 is 2.77 bits per heavy atom. The Morgan fingerprint density at radius 1 is 1.32 bits per heavy atom. The molecule has 1 aromatic carbocycles. The summed E-state index contributed by atoms with van der Waals surface area (Å²) in [5, 5.41) is 5.88. The third kappa shape index (κ3) is 4.18. The molecule has 0 bridgehead atoms. The highest BCUT2D eigenvalue weighted by molar-refractivity contribution is 6.31. The van der Waals surface area contributed by atoms with Crippen LogP contribution in [0.5, 0.6) is 0 Å². The molecule has 0 aliphatic heterocycles. The molecule has 1 atom stereocenters. The minimum Gasteiger partial charge on any atom is -0.381 e. The van der Waals surface area contributed by atoms with Gasteiger partial charge in [-0.15, -0.1) is 0 Å². The second kappa shape index (κ2) is 7.22. The fraction of sp³-hybridized carbons (Fsp3) is 0.250. The number of nitrogens with zero attached hydrogens (tertiary/aromatic N) is 1. The Hall–Kier alpha value is -2.14. The summed E-state index contributed by atoms with van der Waals surface area (Å²) in [7, 11) is 0. The van der Waals surface area contributed by atoms with Gasteiger partial charge in [0, 0.05) is 24.1 Å². The summed E-state index contributed by atoms with van der Waals surface area (Å²) in [6.07, 6.45) is 4.10. The molecule has 0 aliphatic rings. The predicted molar refractivity (Wildman–Crippen MR) is 87.0 cm³/mol. The zero-order valence-electron chi connectivity index (χ0n) is 12.4. The molecule has 1 heterocycles. The number of halogens is 2. The molecule has 116 valence electrons. The zero-order chi connectivity index (χ0) is 16.1. The van der Waals surface area contributed by atoms with E-state index in [4.69, 9.17) is 11.6 Å². The van der Waals surface area contributed by atoms with Crippen LogP contribution in [0.25, 0.3) is 0 Å². The van der Waals surface area contributed by atoms with E-state index in [0.717, 1.165) is 12.1 Å². The van der Waals surface area contributed by atoms with Crippen molar-refractivity contribution in [2.45, 2.75) is 26.3 Å². The van der Waals surface area contributed by atoms with Crippen LogP contribution in [-0.2, 0) is 0 Å². The molecular formula is C16H17ClFN3O. The maximum atomic E-state index is 13.1. The van der Waals surface area contributed by atoms with Crippen molar-refractivity contribution < 1.29 is 9.18 Å². The van der Waals surface area contributed by atoms with Crippen molar-refractivity contribution in [3.8, 4) is 0 Å². The van der Waals surface area contributed by atoms with Crippen LogP contribution in [-0.4, -0.2) is 16.9 Å². The first-order chi connectivity index (χ1) is 10.5. The van der Waals surface area contributed by atoms with Gasteiger partial charge in [0.2, 0.25) is 0 Å². The van der Waals surface area contributed by atoms with Gasteiger partial charge in [-0.3, -0.25) is 9.78 Å². The van der Waals surface area contributed by atoms with E-state index in [1.807, 2.05) is 6.92 Å². The third-order valence-corrected chi connectivity index (χ3v) is 3.49. The summed E-state index contributed by atoms with van der Waals surface area (Å²) in [4.78, 5) is 16.3. The van der Waals surface area contributed by atoms with Gasteiger partial charge in [-0.2, -0.15) is 0 Å². The van der Waals surface area contributed by atoms with Crippen molar-refractivity contribution in [3.63, 3.8) is 0 Å². The summed E-state index contributed by atoms with van der Waals surface area (Å²) < 4.78 is 13.1. The van der Waals surface area contributed by atoms with Crippen LogP contribution in [0.3, 0.4) is 0 Å². The number of anilines is 2.